The molecule has 0 fully saturated rings. The smallest absolute Gasteiger partial charge is 0.222 e. The van der Waals surface area contributed by atoms with Gasteiger partial charge in [-0.3, -0.25) is 4.79 Å². The SMILES string of the molecule is COc1ccc(C)cc1Nc1ccc(NC(C)=O)nc1. The van der Waals surface area contributed by atoms with E-state index in [1.165, 1.54) is 6.92 Å². The first-order valence-corrected chi connectivity index (χ1v) is 6.24. The van der Waals surface area contributed by atoms with Crippen molar-refractivity contribution in [2.75, 3.05) is 17.7 Å². The first kappa shape index (κ1) is 13.9. The van der Waals surface area contributed by atoms with Crippen LogP contribution in [0.25, 0.3) is 0 Å². The van der Waals surface area contributed by atoms with Gasteiger partial charge in [-0.15, -0.1) is 0 Å². The minimum Gasteiger partial charge on any atom is -0.495 e. The van der Waals surface area contributed by atoms with Crippen molar-refractivity contribution in [1.82, 2.24) is 4.98 Å². The fourth-order valence-corrected chi connectivity index (χ4v) is 1.80. The molecule has 2 rings (SSSR count). The third kappa shape index (κ3) is 3.47. The molecule has 1 heterocycles. The molecule has 0 bridgehead atoms. The summed E-state index contributed by atoms with van der Waals surface area (Å²) in [6.07, 6.45) is 1.66. The van der Waals surface area contributed by atoms with Gasteiger partial charge >= 0.3 is 0 Å². The molecule has 5 heteroatoms. The number of hydrogen-bond donors (Lipinski definition) is 2. The van der Waals surface area contributed by atoms with Crippen LogP contribution in [0.1, 0.15) is 12.5 Å². The summed E-state index contributed by atoms with van der Waals surface area (Å²) >= 11 is 0. The molecule has 2 N–H and O–H groups in total. The third-order valence-corrected chi connectivity index (χ3v) is 2.70. The van der Waals surface area contributed by atoms with Crippen molar-refractivity contribution < 1.29 is 9.53 Å². The van der Waals surface area contributed by atoms with Gasteiger partial charge in [-0.2, -0.15) is 0 Å². The number of methoxy groups -OCH3 is 1. The number of hydrogen-bond acceptors (Lipinski definition) is 4. The first-order valence-electron chi connectivity index (χ1n) is 6.24. The number of amides is 1. The molecular weight excluding hydrogens is 254 g/mol. The van der Waals surface area contributed by atoms with Crippen molar-refractivity contribution in [1.29, 1.82) is 0 Å². The summed E-state index contributed by atoms with van der Waals surface area (Å²) in [6, 6.07) is 9.49. The summed E-state index contributed by atoms with van der Waals surface area (Å²) < 4.78 is 5.31. The monoisotopic (exact) mass is 271 g/mol. The molecule has 0 saturated carbocycles. The van der Waals surface area contributed by atoms with Crippen LogP contribution in [0.5, 0.6) is 5.75 Å². The largest absolute Gasteiger partial charge is 0.495 e. The minimum absolute atomic E-state index is 0.140. The first-order chi connectivity index (χ1) is 9.58. The quantitative estimate of drug-likeness (QED) is 0.897. The summed E-state index contributed by atoms with van der Waals surface area (Å²) in [5, 5.41) is 5.87. The minimum atomic E-state index is -0.140. The molecule has 5 nitrogen and oxygen atoms in total. The van der Waals surface area contributed by atoms with Gasteiger partial charge in [0, 0.05) is 6.92 Å². The van der Waals surface area contributed by atoms with Gasteiger partial charge < -0.3 is 15.4 Å². The highest BCUT2D eigenvalue weighted by Crippen LogP contribution is 2.28. The Balaban J connectivity index is 2.17. The lowest BCUT2D eigenvalue weighted by Gasteiger charge is -2.12. The van der Waals surface area contributed by atoms with Gasteiger partial charge in [0.05, 0.1) is 24.7 Å². The molecule has 0 atom stereocenters. The number of aryl methyl sites for hydroxylation is 1. The van der Waals surface area contributed by atoms with Crippen LogP contribution in [-0.2, 0) is 4.79 Å². The summed E-state index contributed by atoms with van der Waals surface area (Å²) in [5.74, 6) is 1.15. The van der Waals surface area contributed by atoms with E-state index in [2.05, 4.69) is 15.6 Å². The number of pyridine rings is 1. The maximum absolute atomic E-state index is 10.9. The predicted octanol–water partition coefficient (Wildman–Crippen LogP) is 3.10. The molecule has 0 aliphatic heterocycles. The molecule has 0 aliphatic rings. The van der Waals surface area contributed by atoms with Gasteiger partial charge in [0.2, 0.25) is 5.91 Å². The van der Waals surface area contributed by atoms with Gasteiger partial charge in [0.15, 0.2) is 0 Å². The van der Waals surface area contributed by atoms with E-state index in [0.717, 1.165) is 22.7 Å². The molecule has 20 heavy (non-hydrogen) atoms. The standard InChI is InChI=1S/C15H17N3O2/c1-10-4-6-14(20-3)13(8-10)18-12-5-7-15(16-9-12)17-11(2)19/h4-9,18H,1-3H3,(H,16,17,19). The molecule has 1 aromatic carbocycles. The van der Waals surface area contributed by atoms with Crippen LogP contribution in [0.2, 0.25) is 0 Å². The second kappa shape index (κ2) is 6.06. The van der Waals surface area contributed by atoms with Gasteiger partial charge in [0.1, 0.15) is 11.6 Å². The van der Waals surface area contributed by atoms with E-state index in [4.69, 9.17) is 4.74 Å². The maximum atomic E-state index is 10.9. The molecule has 0 radical (unpaired) electrons. The van der Waals surface area contributed by atoms with Crippen LogP contribution in [0.15, 0.2) is 36.5 Å². The number of benzene rings is 1. The Labute approximate surface area is 118 Å². The number of nitrogens with zero attached hydrogens (tertiary/aromatic N) is 1. The molecule has 0 aliphatic carbocycles. The maximum Gasteiger partial charge on any atom is 0.222 e. The molecule has 1 amide bonds. The zero-order chi connectivity index (χ0) is 14.5. The van der Waals surface area contributed by atoms with Crippen LogP contribution in [0, 0.1) is 6.92 Å². The Hall–Kier alpha value is -2.56. The van der Waals surface area contributed by atoms with E-state index in [9.17, 15) is 4.79 Å². The van der Waals surface area contributed by atoms with E-state index >= 15 is 0 Å². The van der Waals surface area contributed by atoms with Gasteiger partial charge in [-0.25, -0.2) is 4.98 Å². The highest BCUT2D eigenvalue weighted by atomic mass is 16.5. The van der Waals surface area contributed by atoms with Crippen molar-refractivity contribution in [3.8, 4) is 5.75 Å². The van der Waals surface area contributed by atoms with Crippen LogP contribution >= 0.6 is 0 Å². The van der Waals surface area contributed by atoms with E-state index in [-0.39, 0.29) is 5.91 Å². The third-order valence-electron chi connectivity index (χ3n) is 2.70. The van der Waals surface area contributed by atoms with Crippen molar-refractivity contribution in [2.24, 2.45) is 0 Å². The fraction of sp³-hybridized carbons (Fsp3) is 0.200. The number of rotatable bonds is 4. The Morgan fingerprint density at radius 3 is 2.65 bits per heavy atom. The van der Waals surface area contributed by atoms with E-state index in [0.29, 0.717) is 5.82 Å². The van der Waals surface area contributed by atoms with Crippen molar-refractivity contribution in [3.05, 3.63) is 42.1 Å². The molecule has 0 spiro atoms. The van der Waals surface area contributed by atoms with Crippen LogP contribution in [0.3, 0.4) is 0 Å². The van der Waals surface area contributed by atoms with Crippen molar-refractivity contribution in [2.45, 2.75) is 13.8 Å². The molecule has 1 aromatic heterocycles. The predicted molar refractivity (Wildman–Crippen MR) is 79.6 cm³/mol. The number of carbonyl (C=O) groups is 1. The normalized spacial score (nSPS) is 9.95. The van der Waals surface area contributed by atoms with Crippen molar-refractivity contribution >= 4 is 23.1 Å². The molecular formula is C15H17N3O2. The lowest BCUT2D eigenvalue weighted by Crippen LogP contribution is -2.07. The van der Waals surface area contributed by atoms with Crippen molar-refractivity contribution in [3.63, 3.8) is 0 Å². The second-order valence-electron chi connectivity index (χ2n) is 4.44. The lowest BCUT2D eigenvalue weighted by atomic mass is 10.2. The Kier molecular flexibility index (Phi) is 4.20. The molecule has 2 aromatic rings. The highest BCUT2D eigenvalue weighted by molar-refractivity contribution is 5.87. The number of aromatic nitrogens is 1. The number of anilines is 3. The topological polar surface area (TPSA) is 63.2 Å². The number of ether oxygens (including phenoxy) is 1. The van der Waals surface area contributed by atoms with Crippen LogP contribution in [-0.4, -0.2) is 18.0 Å². The molecule has 104 valence electrons. The van der Waals surface area contributed by atoms with Gasteiger partial charge in [-0.1, -0.05) is 6.07 Å². The molecule has 0 unspecified atom stereocenters. The Morgan fingerprint density at radius 2 is 2.05 bits per heavy atom. The summed E-state index contributed by atoms with van der Waals surface area (Å²) in [6.45, 7) is 3.47. The average molecular weight is 271 g/mol. The zero-order valence-electron chi connectivity index (χ0n) is 11.7. The van der Waals surface area contributed by atoms with Crippen LogP contribution in [0.4, 0.5) is 17.2 Å². The summed E-state index contributed by atoms with van der Waals surface area (Å²) in [4.78, 5) is 15.1. The van der Waals surface area contributed by atoms with Crippen LogP contribution < -0.4 is 15.4 Å². The number of carbonyl (C=O) groups excluding carboxylic acids is 1. The van der Waals surface area contributed by atoms with Gasteiger partial charge in [-0.05, 0) is 36.8 Å². The zero-order valence-corrected chi connectivity index (χ0v) is 11.7. The Morgan fingerprint density at radius 1 is 1.25 bits per heavy atom. The average Bonchev–Trinajstić information content (AvgIpc) is 2.41. The highest BCUT2D eigenvalue weighted by Gasteiger charge is 2.04. The molecule has 0 saturated heterocycles. The lowest BCUT2D eigenvalue weighted by molar-refractivity contribution is -0.114. The summed E-state index contributed by atoms with van der Waals surface area (Å²) in [7, 11) is 1.63. The Bertz CT molecular complexity index is 609. The van der Waals surface area contributed by atoms with E-state index in [1.807, 2.05) is 31.2 Å². The summed E-state index contributed by atoms with van der Waals surface area (Å²) in [5.41, 5.74) is 2.83. The fourth-order valence-electron chi connectivity index (χ4n) is 1.80. The van der Waals surface area contributed by atoms with E-state index in [1.54, 1.807) is 19.4 Å². The van der Waals surface area contributed by atoms with E-state index < -0.39 is 0 Å². The number of nitrogens with one attached hydrogen (secondary N) is 2. The second-order valence-corrected chi connectivity index (χ2v) is 4.44. The van der Waals surface area contributed by atoms with Gasteiger partial charge in [0.25, 0.3) is 0 Å².